The lowest BCUT2D eigenvalue weighted by Gasteiger charge is -2.23. The predicted octanol–water partition coefficient (Wildman–Crippen LogP) is 17.1. The van der Waals surface area contributed by atoms with Crippen LogP contribution in [-0.4, -0.2) is 0 Å². The van der Waals surface area contributed by atoms with Gasteiger partial charge in [-0.3, -0.25) is 0 Å². The van der Waals surface area contributed by atoms with Crippen LogP contribution in [0, 0.1) is 27.7 Å². The summed E-state index contributed by atoms with van der Waals surface area (Å²) in [6, 6.07) is 61.3. The zero-order chi connectivity index (χ0) is 42.4. The highest BCUT2D eigenvalue weighted by molar-refractivity contribution is 6.32. The fraction of sp³-hybridized carbons (Fsp3) is 0.161. The topological polar surface area (TPSA) is 0 Å². The fourth-order valence-electron chi connectivity index (χ4n) is 12.0. The van der Waals surface area contributed by atoms with Crippen molar-refractivity contribution in [1.82, 2.24) is 0 Å². The zero-order valence-corrected chi connectivity index (χ0v) is 37.0. The lowest BCUT2D eigenvalue weighted by Crippen LogP contribution is -2.14. The Morgan fingerprint density at radius 2 is 0.581 bits per heavy atom. The van der Waals surface area contributed by atoms with Gasteiger partial charge in [-0.1, -0.05) is 183 Å². The summed E-state index contributed by atoms with van der Waals surface area (Å²) in [4.78, 5) is 0. The number of hydrogen-bond acceptors (Lipinski definition) is 0. The summed E-state index contributed by atoms with van der Waals surface area (Å²) < 4.78 is 0. The van der Waals surface area contributed by atoms with E-state index in [1.54, 1.807) is 0 Å². The van der Waals surface area contributed by atoms with Crippen LogP contribution >= 0.6 is 0 Å². The van der Waals surface area contributed by atoms with E-state index in [-0.39, 0.29) is 10.8 Å². The van der Waals surface area contributed by atoms with Crippen LogP contribution in [0.15, 0.2) is 158 Å². The largest absolute Gasteiger partial charge is 0.0619 e. The smallest absolute Gasteiger partial charge is 0.0158 e. The van der Waals surface area contributed by atoms with Gasteiger partial charge in [0.15, 0.2) is 0 Å². The number of rotatable bonds is 4. The number of fused-ring (bicyclic) bond motifs is 6. The second kappa shape index (κ2) is 12.9. The molecule has 2 aliphatic carbocycles. The van der Waals surface area contributed by atoms with Gasteiger partial charge in [-0.2, -0.15) is 0 Å². The van der Waals surface area contributed by atoms with Gasteiger partial charge < -0.3 is 0 Å². The molecule has 0 aliphatic heterocycles. The van der Waals surface area contributed by atoms with E-state index >= 15 is 0 Å². The molecule has 0 N–H and O–H groups in total. The van der Waals surface area contributed by atoms with Crippen molar-refractivity contribution in [2.24, 2.45) is 0 Å². The summed E-state index contributed by atoms with van der Waals surface area (Å²) in [6.07, 6.45) is 0. The Hall–Kier alpha value is -6.76. The van der Waals surface area contributed by atoms with E-state index < -0.39 is 0 Å². The van der Waals surface area contributed by atoms with E-state index in [1.807, 2.05) is 0 Å². The van der Waals surface area contributed by atoms with Crippen LogP contribution in [0.1, 0.15) is 72.2 Å². The molecule has 0 aromatic heterocycles. The average Bonchev–Trinajstić information content (AvgIpc) is 3.63. The summed E-state index contributed by atoms with van der Waals surface area (Å²) in [7, 11) is 0. The van der Waals surface area contributed by atoms with E-state index in [2.05, 4.69) is 213 Å². The summed E-state index contributed by atoms with van der Waals surface area (Å²) in [5.41, 5.74) is 26.2. The first-order chi connectivity index (χ1) is 29.9. The van der Waals surface area contributed by atoms with Crippen molar-refractivity contribution >= 4 is 32.3 Å². The fourth-order valence-corrected chi connectivity index (χ4v) is 12.0. The second-order valence-corrected chi connectivity index (χ2v) is 19.6. The molecule has 10 aromatic carbocycles. The molecule has 0 nitrogen and oxygen atoms in total. The third-order valence-electron chi connectivity index (χ3n) is 14.8. The molecule has 12 rings (SSSR count). The van der Waals surface area contributed by atoms with Crippen molar-refractivity contribution in [1.29, 1.82) is 0 Å². The highest BCUT2D eigenvalue weighted by Crippen LogP contribution is 2.54. The molecule has 0 unspecified atom stereocenters. The standard InChI is InChI=1S/C62H50/c1-35-25-36(2)28-41(27-35)51-33-49(39-17-23-57-53(31-39)43-13-9-11-15-55(43)61(57,5)6)45-20-22-48-52(42-29-37(3)26-38(4)30-42)34-50(46-19-21-47(51)59(45)60(46)48)40-18-24-58-54(32-40)44-14-10-12-16-56(44)62(58,7)8/h9-34H,1-8H3. The molecule has 62 heavy (non-hydrogen) atoms. The molecule has 0 bridgehead atoms. The summed E-state index contributed by atoms with van der Waals surface area (Å²) in [6.45, 7) is 18.4. The van der Waals surface area contributed by atoms with Crippen LogP contribution in [0.4, 0.5) is 0 Å². The number of aryl methyl sites for hydroxylation is 4. The van der Waals surface area contributed by atoms with Crippen molar-refractivity contribution < 1.29 is 0 Å². The molecular formula is C62H50. The van der Waals surface area contributed by atoms with Gasteiger partial charge in [-0.25, -0.2) is 0 Å². The molecule has 0 fully saturated rings. The predicted molar refractivity (Wildman–Crippen MR) is 266 cm³/mol. The number of benzene rings is 10. The average molecular weight is 795 g/mol. The van der Waals surface area contributed by atoms with Crippen molar-refractivity contribution in [2.45, 2.75) is 66.2 Å². The molecule has 0 heterocycles. The molecule has 0 atom stereocenters. The molecular weight excluding hydrogens is 745 g/mol. The van der Waals surface area contributed by atoms with Gasteiger partial charge in [-0.05, 0) is 173 Å². The minimum atomic E-state index is -0.0479. The van der Waals surface area contributed by atoms with Gasteiger partial charge in [0, 0.05) is 10.8 Å². The lowest BCUT2D eigenvalue weighted by molar-refractivity contribution is 0.660. The third-order valence-corrected chi connectivity index (χ3v) is 14.8. The first kappa shape index (κ1) is 37.0. The SMILES string of the molecule is Cc1cc(C)cc(-c2cc(-c3ccc4c(c3)-c3ccccc3C4(C)C)c3ccc4c(-c5cc(C)cc(C)c5)cc(-c5ccc6c(c5)-c5ccccc5C6(C)C)c5ccc2c3c45)c1. The Balaban J connectivity index is 1.21. The first-order valence-corrected chi connectivity index (χ1v) is 22.3. The normalized spacial score (nSPS) is 14.4. The molecule has 0 heteroatoms. The maximum Gasteiger partial charge on any atom is 0.0158 e. The maximum atomic E-state index is 2.50. The zero-order valence-electron chi connectivity index (χ0n) is 37.0. The van der Waals surface area contributed by atoms with Crippen LogP contribution < -0.4 is 0 Å². The van der Waals surface area contributed by atoms with Gasteiger partial charge in [-0.15, -0.1) is 0 Å². The summed E-state index contributed by atoms with van der Waals surface area (Å²) >= 11 is 0. The van der Waals surface area contributed by atoms with Crippen LogP contribution in [0.3, 0.4) is 0 Å². The van der Waals surface area contributed by atoms with Crippen LogP contribution in [-0.2, 0) is 10.8 Å². The minimum absolute atomic E-state index is 0.0479. The van der Waals surface area contributed by atoms with Crippen LogP contribution in [0.5, 0.6) is 0 Å². The van der Waals surface area contributed by atoms with Crippen molar-refractivity contribution in [3.8, 4) is 66.8 Å². The Labute approximate surface area is 365 Å². The first-order valence-electron chi connectivity index (χ1n) is 22.3. The minimum Gasteiger partial charge on any atom is -0.0619 e. The summed E-state index contributed by atoms with van der Waals surface area (Å²) in [5.74, 6) is 0. The van der Waals surface area contributed by atoms with Crippen molar-refractivity contribution in [2.75, 3.05) is 0 Å². The Morgan fingerprint density at radius 3 is 0.952 bits per heavy atom. The van der Waals surface area contributed by atoms with Gasteiger partial charge in [0.05, 0.1) is 0 Å². The van der Waals surface area contributed by atoms with Crippen LogP contribution in [0.25, 0.3) is 99.1 Å². The second-order valence-electron chi connectivity index (χ2n) is 19.6. The van der Waals surface area contributed by atoms with E-state index in [1.165, 1.54) is 144 Å². The van der Waals surface area contributed by atoms with Crippen molar-refractivity contribution in [3.05, 3.63) is 202 Å². The van der Waals surface area contributed by atoms with Crippen LogP contribution in [0.2, 0.25) is 0 Å². The highest BCUT2D eigenvalue weighted by atomic mass is 14.4. The van der Waals surface area contributed by atoms with Gasteiger partial charge in [0.2, 0.25) is 0 Å². The van der Waals surface area contributed by atoms with Gasteiger partial charge in [0.25, 0.3) is 0 Å². The monoisotopic (exact) mass is 794 g/mol. The maximum absolute atomic E-state index is 2.50. The number of hydrogen-bond donors (Lipinski definition) is 0. The van der Waals surface area contributed by atoms with E-state index in [4.69, 9.17) is 0 Å². The molecule has 298 valence electrons. The highest BCUT2D eigenvalue weighted by Gasteiger charge is 2.37. The lowest BCUT2D eigenvalue weighted by atomic mass is 9.80. The molecule has 0 radical (unpaired) electrons. The van der Waals surface area contributed by atoms with E-state index in [0.29, 0.717) is 0 Å². The Kier molecular flexibility index (Phi) is 7.70. The molecule has 2 aliphatic rings. The Morgan fingerprint density at radius 1 is 0.258 bits per heavy atom. The summed E-state index contributed by atoms with van der Waals surface area (Å²) in [5, 5.41) is 7.87. The molecule has 0 saturated heterocycles. The molecule has 0 amide bonds. The molecule has 0 saturated carbocycles. The molecule has 0 spiro atoms. The third kappa shape index (κ3) is 5.19. The van der Waals surface area contributed by atoms with E-state index in [0.717, 1.165) is 0 Å². The quantitative estimate of drug-likeness (QED) is 0.156. The van der Waals surface area contributed by atoms with Gasteiger partial charge >= 0.3 is 0 Å². The van der Waals surface area contributed by atoms with Gasteiger partial charge in [0.1, 0.15) is 0 Å². The van der Waals surface area contributed by atoms with E-state index in [9.17, 15) is 0 Å². The Bertz CT molecular complexity index is 3270. The van der Waals surface area contributed by atoms with Crippen molar-refractivity contribution in [3.63, 3.8) is 0 Å². The molecule has 10 aromatic rings.